The fraction of sp³-hybridized carbons (Fsp3) is 0.968. The van der Waals surface area contributed by atoms with Crippen molar-refractivity contribution in [3.05, 3.63) is 0 Å². The number of hydrogen-bond acceptors (Lipinski definition) is 6. The van der Waals surface area contributed by atoms with Gasteiger partial charge in [-0.05, 0) is 111 Å². The topological polar surface area (TPSA) is 63.2 Å². The zero-order valence-corrected chi connectivity index (χ0v) is 33.7. The summed E-state index contributed by atoms with van der Waals surface area (Å²) in [4.78, 5) is 11.4. The van der Waals surface area contributed by atoms with Gasteiger partial charge >= 0.3 is 5.97 Å². The summed E-state index contributed by atoms with van der Waals surface area (Å²) in [6.07, 6.45) is 13.0. The fourth-order valence-electron chi connectivity index (χ4n) is 5.14. The van der Waals surface area contributed by atoms with Gasteiger partial charge in [-0.15, -0.1) is 0 Å². The monoisotopic (exact) mass is 650 g/mol. The Morgan fingerprint density at radius 3 is 1.10 bits per heavy atom. The van der Waals surface area contributed by atoms with Gasteiger partial charge in [-0.25, -0.2) is 0 Å². The normalized spacial score (nSPS) is 16.3. The van der Waals surface area contributed by atoms with Crippen LogP contribution in [0.25, 0.3) is 0 Å². The van der Waals surface area contributed by atoms with E-state index in [9.17, 15) is 4.79 Å². The minimum Gasteiger partial charge on any atom is -0.469 e. The molecule has 0 N–H and O–H groups in total. The van der Waals surface area contributed by atoms with Crippen molar-refractivity contribution in [2.75, 3.05) is 7.11 Å². The number of unbranched alkanes of at least 4 members (excludes halogenated alkanes) is 5. The smallest absolute Gasteiger partial charge is 0.305 e. The predicted molar refractivity (Wildman–Crippen MR) is 186 cm³/mol. The molecule has 0 radical (unpaired) electrons. The van der Waals surface area contributed by atoms with Gasteiger partial charge in [0.1, 0.15) is 0 Å². The average molecular weight is 651 g/mol. The van der Waals surface area contributed by atoms with Crippen LogP contribution in [0.1, 0.15) is 84.0 Å². The third kappa shape index (κ3) is 24.2. The van der Waals surface area contributed by atoms with Gasteiger partial charge in [-0.2, -0.15) is 0 Å². The maximum absolute atomic E-state index is 11.4. The van der Waals surface area contributed by atoms with Crippen molar-refractivity contribution in [1.82, 2.24) is 0 Å². The summed E-state index contributed by atoms with van der Waals surface area (Å²) in [6.45, 7) is 29.7. The second-order valence-corrected chi connectivity index (χ2v) is 33.5. The molecule has 41 heavy (non-hydrogen) atoms. The summed E-state index contributed by atoms with van der Waals surface area (Å²) >= 11 is 0. The molecule has 0 aromatic rings. The molecule has 246 valence electrons. The second-order valence-electron chi connectivity index (χ2n) is 15.6. The van der Waals surface area contributed by atoms with E-state index in [4.69, 9.17) is 22.4 Å². The number of ether oxygens (including phenoxy) is 1. The van der Waals surface area contributed by atoms with Crippen molar-refractivity contribution in [2.45, 2.75) is 187 Å². The van der Waals surface area contributed by atoms with E-state index >= 15 is 0 Å². The van der Waals surface area contributed by atoms with Gasteiger partial charge in [0.15, 0.2) is 33.3 Å². The highest BCUT2D eigenvalue weighted by atomic mass is 28.4. The fourth-order valence-corrected chi connectivity index (χ4v) is 9.90. The Morgan fingerprint density at radius 2 is 0.780 bits per heavy atom. The molecule has 4 unspecified atom stereocenters. The van der Waals surface area contributed by atoms with Crippen LogP contribution in [-0.2, 0) is 27.2 Å². The lowest BCUT2D eigenvalue weighted by Gasteiger charge is -2.37. The molecule has 0 amide bonds. The van der Waals surface area contributed by atoms with Crippen LogP contribution in [0.2, 0.25) is 78.6 Å². The maximum atomic E-state index is 11.4. The van der Waals surface area contributed by atoms with Crippen LogP contribution in [0.3, 0.4) is 0 Å². The van der Waals surface area contributed by atoms with E-state index in [-0.39, 0.29) is 30.4 Å². The van der Waals surface area contributed by atoms with Crippen LogP contribution in [0.5, 0.6) is 0 Å². The van der Waals surface area contributed by atoms with Crippen LogP contribution < -0.4 is 0 Å². The Labute approximate surface area is 259 Å². The van der Waals surface area contributed by atoms with Crippen LogP contribution in [-0.4, -0.2) is 70.8 Å². The van der Waals surface area contributed by atoms with E-state index in [2.05, 4.69) is 85.5 Å². The number of carbonyl (C=O) groups excluding carboxylic acids is 1. The van der Waals surface area contributed by atoms with E-state index in [1.165, 1.54) is 13.5 Å². The van der Waals surface area contributed by atoms with Gasteiger partial charge in [-0.1, -0.05) is 45.4 Å². The van der Waals surface area contributed by atoms with Crippen molar-refractivity contribution in [3.8, 4) is 0 Å². The van der Waals surface area contributed by atoms with Gasteiger partial charge < -0.3 is 22.4 Å². The zero-order valence-electron chi connectivity index (χ0n) is 29.7. The van der Waals surface area contributed by atoms with Crippen molar-refractivity contribution in [3.63, 3.8) is 0 Å². The van der Waals surface area contributed by atoms with Crippen LogP contribution in [0, 0.1) is 0 Å². The van der Waals surface area contributed by atoms with Crippen LogP contribution in [0.4, 0.5) is 0 Å². The molecule has 0 bridgehead atoms. The Morgan fingerprint density at radius 1 is 0.488 bits per heavy atom. The lowest BCUT2D eigenvalue weighted by atomic mass is 9.99. The molecule has 0 aromatic heterocycles. The molecule has 0 fully saturated rings. The minimum absolute atomic E-state index is 0.110. The first-order valence-electron chi connectivity index (χ1n) is 16.4. The molecule has 0 saturated carbocycles. The summed E-state index contributed by atoms with van der Waals surface area (Å²) in [5, 5.41) is 0. The SMILES string of the molecule is CCC(O[Si](C)(C)C)C(CCCCCC(O[Si](C)(C)C)C(CCCCCCC(=O)OC)O[Si](C)(C)C)O[Si](C)(C)C. The predicted octanol–water partition coefficient (Wildman–Crippen LogP) is 9.74. The Bertz CT molecular complexity index is 695. The molecule has 0 aliphatic rings. The number of methoxy groups -OCH3 is 1. The van der Waals surface area contributed by atoms with E-state index < -0.39 is 33.3 Å². The molecular weight excluding hydrogens is 581 g/mol. The van der Waals surface area contributed by atoms with Gasteiger partial charge in [0, 0.05) is 6.42 Å². The highest BCUT2D eigenvalue weighted by Crippen LogP contribution is 2.27. The molecular formula is C31H70O6Si4. The van der Waals surface area contributed by atoms with Crippen molar-refractivity contribution in [2.24, 2.45) is 0 Å². The molecule has 0 aliphatic carbocycles. The van der Waals surface area contributed by atoms with Gasteiger partial charge in [0.2, 0.25) is 0 Å². The number of carbonyl (C=O) groups is 1. The summed E-state index contributed by atoms with van der Waals surface area (Å²) in [7, 11) is -5.31. The summed E-state index contributed by atoms with van der Waals surface area (Å²) in [6, 6.07) is 0. The molecule has 4 atom stereocenters. The van der Waals surface area contributed by atoms with E-state index in [1.807, 2.05) is 0 Å². The highest BCUT2D eigenvalue weighted by molar-refractivity contribution is 6.71. The third-order valence-corrected chi connectivity index (χ3v) is 10.6. The Hall–Kier alpha value is 0.178. The Kier molecular flexibility index (Phi) is 19.6. The van der Waals surface area contributed by atoms with Crippen molar-refractivity contribution >= 4 is 39.2 Å². The molecule has 0 aliphatic heterocycles. The van der Waals surface area contributed by atoms with Crippen LogP contribution >= 0.6 is 0 Å². The summed E-state index contributed by atoms with van der Waals surface area (Å²) in [5.74, 6) is -0.110. The quantitative estimate of drug-likeness (QED) is 0.0589. The van der Waals surface area contributed by atoms with E-state index in [0.29, 0.717) is 6.42 Å². The van der Waals surface area contributed by atoms with Gasteiger partial charge in [-0.3, -0.25) is 4.79 Å². The number of esters is 1. The molecule has 6 nitrogen and oxygen atoms in total. The molecule has 10 heteroatoms. The molecule has 0 rings (SSSR count). The van der Waals surface area contributed by atoms with Gasteiger partial charge in [0.05, 0.1) is 31.5 Å². The highest BCUT2D eigenvalue weighted by Gasteiger charge is 2.33. The van der Waals surface area contributed by atoms with Gasteiger partial charge in [0.25, 0.3) is 0 Å². The molecule has 0 aromatic carbocycles. The van der Waals surface area contributed by atoms with Crippen molar-refractivity contribution < 1.29 is 27.2 Å². The third-order valence-electron chi connectivity index (χ3n) is 6.58. The summed E-state index contributed by atoms with van der Waals surface area (Å²) in [5.41, 5.74) is 0. The number of rotatable bonds is 24. The Balaban J connectivity index is 5.23. The molecule has 0 spiro atoms. The summed E-state index contributed by atoms with van der Waals surface area (Å²) < 4.78 is 31.7. The largest absolute Gasteiger partial charge is 0.469 e. The lowest BCUT2D eigenvalue weighted by molar-refractivity contribution is -0.140. The first-order valence-corrected chi connectivity index (χ1v) is 30.1. The van der Waals surface area contributed by atoms with Crippen LogP contribution in [0.15, 0.2) is 0 Å². The maximum Gasteiger partial charge on any atom is 0.305 e. The number of hydrogen-bond donors (Lipinski definition) is 0. The molecule has 0 heterocycles. The first-order chi connectivity index (χ1) is 18.7. The van der Waals surface area contributed by atoms with E-state index in [1.54, 1.807) is 0 Å². The lowest BCUT2D eigenvalue weighted by Crippen LogP contribution is -2.44. The molecule has 0 saturated heterocycles. The average Bonchev–Trinajstić information content (AvgIpc) is 2.79. The second kappa shape index (κ2) is 19.5. The minimum atomic E-state index is -1.74. The van der Waals surface area contributed by atoms with E-state index in [0.717, 1.165) is 64.2 Å². The first kappa shape index (κ1) is 41.2. The standard InChI is InChI=1S/C31H70O6Si4/c1-15-27(34-38(3,4)5)28(35-39(6,7)8)23-20-18-21-25-30(37-41(12,13)14)29(36-40(9,10)11)24-19-16-17-22-26-31(32)33-2/h27-30H,15-26H2,1-14H3. The zero-order chi connectivity index (χ0) is 31.9. The van der Waals surface area contributed by atoms with Crippen molar-refractivity contribution in [1.29, 1.82) is 0 Å².